The van der Waals surface area contributed by atoms with Gasteiger partial charge in [0, 0.05) is 55.8 Å². The molecule has 41 heavy (non-hydrogen) atoms. The highest BCUT2D eigenvalue weighted by atomic mass is 35.5. The molecule has 1 aromatic rings. The highest BCUT2D eigenvalue weighted by Gasteiger charge is 2.61. The van der Waals surface area contributed by atoms with Gasteiger partial charge >= 0.3 is 5.97 Å². The molecule has 0 radical (unpaired) electrons. The summed E-state index contributed by atoms with van der Waals surface area (Å²) in [7, 11) is 0. The summed E-state index contributed by atoms with van der Waals surface area (Å²) in [6.45, 7) is 9.51. The standard InChI is InChI=1S/C33H44Cl2N2O4/c1-20-5-6-22(17-27(20)37(15-13-34)16-14-35)31(40)41-24-9-11-32(3)23(18-24)19-28(39)30-25-7-8-29(36-21(2)38)33(25,4)12-10-26(30)32/h5-6,17,19,24-26,29-30H,7-16,18H2,1-4H3,(H,36,38)/t24-,25-,26-,29-,30-,32-,33-/m0/s1. The number of allylic oxidation sites excluding steroid dienone is 1. The van der Waals surface area contributed by atoms with E-state index in [4.69, 9.17) is 27.9 Å². The molecule has 3 saturated carbocycles. The van der Waals surface area contributed by atoms with Crippen molar-refractivity contribution in [3.63, 3.8) is 0 Å². The van der Waals surface area contributed by atoms with Crippen LogP contribution in [0.1, 0.15) is 81.6 Å². The highest BCUT2D eigenvalue weighted by molar-refractivity contribution is 6.18. The molecule has 7 atom stereocenters. The van der Waals surface area contributed by atoms with E-state index >= 15 is 0 Å². The van der Waals surface area contributed by atoms with Gasteiger partial charge in [-0.1, -0.05) is 25.5 Å². The SMILES string of the molecule is CC(=O)N[C@H]1CC[C@H]2[C@@H]3C(=O)C=C4C[C@@H](OC(=O)c5ccc(C)c(N(CCCl)CCCl)c5)CC[C@]4(C)[C@H]3CC[C@]12C. The quantitative estimate of drug-likeness (QED) is 0.273. The van der Waals surface area contributed by atoms with Gasteiger partial charge in [-0.15, -0.1) is 23.2 Å². The molecular weight excluding hydrogens is 559 g/mol. The Hall–Kier alpha value is -2.05. The van der Waals surface area contributed by atoms with Crippen LogP contribution < -0.4 is 10.2 Å². The number of carbonyl (C=O) groups is 3. The number of alkyl halides is 2. The molecule has 0 spiro atoms. The zero-order chi connectivity index (χ0) is 29.5. The lowest BCUT2D eigenvalue weighted by molar-refractivity contribution is -0.134. The Balaban J connectivity index is 1.31. The van der Waals surface area contributed by atoms with Gasteiger partial charge in [-0.3, -0.25) is 9.59 Å². The number of ether oxygens (including phenoxy) is 1. The molecule has 4 aliphatic rings. The molecular formula is C33H44Cl2N2O4. The van der Waals surface area contributed by atoms with E-state index in [1.54, 1.807) is 6.92 Å². The number of fused-ring (bicyclic) bond motifs is 5. The number of esters is 1. The largest absolute Gasteiger partial charge is 0.458 e. The van der Waals surface area contributed by atoms with E-state index < -0.39 is 0 Å². The van der Waals surface area contributed by atoms with Gasteiger partial charge < -0.3 is 15.0 Å². The molecule has 8 heteroatoms. The normalized spacial score (nSPS) is 34.1. The fraction of sp³-hybridized carbons (Fsp3) is 0.667. The summed E-state index contributed by atoms with van der Waals surface area (Å²) in [5, 5.41) is 3.19. The highest BCUT2D eigenvalue weighted by Crippen LogP contribution is 2.64. The van der Waals surface area contributed by atoms with Gasteiger partial charge in [0.1, 0.15) is 6.10 Å². The number of anilines is 1. The van der Waals surface area contributed by atoms with Crippen molar-refractivity contribution in [1.82, 2.24) is 5.32 Å². The van der Waals surface area contributed by atoms with Crippen molar-refractivity contribution in [3.05, 3.63) is 41.0 Å². The lowest BCUT2D eigenvalue weighted by Crippen LogP contribution is -2.56. The van der Waals surface area contributed by atoms with Crippen LogP contribution in [0.5, 0.6) is 0 Å². The topological polar surface area (TPSA) is 75.7 Å². The molecule has 0 aromatic heterocycles. The Morgan fingerprint density at radius 1 is 1.05 bits per heavy atom. The molecule has 4 aliphatic carbocycles. The van der Waals surface area contributed by atoms with Gasteiger partial charge in [-0.2, -0.15) is 0 Å². The number of ketones is 1. The van der Waals surface area contributed by atoms with E-state index in [9.17, 15) is 14.4 Å². The number of hydrogen-bond donors (Lipinski definition) is 1. The van der Waals surface area contributed by atoms with E-state index in [1.807, 2.05) is 31.2 Å². The fourth-order valence-corrected chi connectivity index (χ4v) is 9.21. The molecule has 6 nitrogen and oxygen atoms in total. The predicted octanol–water partition coefficient (Wildman–Crippen LogP) is 6.45. The third-order valence-electron chi connectivity index (χ3n) is 11.0. The van der Waals surface area contributed by atoms with Gasteiger partial charge in [-0.25, -0.2) is 4.79 Å². The van der Waals surface area contributed by atoms with Crippen molar-refractivity contribution in [1.29, 1.82) is 0 Å². The monoisotopic (exact) mass is 602 g/mol. The summed E-state index contributed by atoms with van der Waals surface area (Å²) >= 11 is 12.0. The number of hydrogen-bond acceptors (Lipinski definition) is 5. The first kappa shape index (κ1) is 30.4. The van der Waals surface area contributed by atoms with Gasteiger partial charge in [0.05, 0.1) is 5.56 Å². The zero-order valence-electron chi connectivity index (χ0n) is 24.8. The third-order valence-corrected chi connectivity index (χ3v) is 11.4. The summed E-state index contributed by atoms with van der Waals surface area (Å²) in [5.74, 6) is 1.46. The number of nitrogens with one attached hydrogen (secondary N) is 1. The lowest BCUT2D eigenvalue weighted by atomic mass is 9.47. The lowest BCUT2D eigenvalue weighted by Gasteiger charge is -2.57. The summed E-state index contributed by atoms with van der Waals surface area (Å²) in [6.07, 6.45) is 7.90. The van der Waals surface area contributed by atoms with Crippen molar-refractivity contribution in [2.45, 2.75) is 84.8 Å². The van der Waals surface area contributed by atoms with Crippen molar-refractivity contribution in [2.24, 2.45) is 28.6 Å². The number of halogens is 2. The van der Waals surface area contributed by atoms with Crippen molar-refractivity contribution >= 4 is 46.5 Å². The summed E-state index contributed by atoms with van der Waals surface area (Å²) in [4.78, 5) is 41.0. The number of benzene rings is 1. The Morgan fingerprint density at radius 2 is 1.78 bits per heavy atom. The van der Waals surface area contributed by atoms with Crippen LogP contribution in [-0.2, 0) is 14.3 Å². The minimum atomic E-state index is -0.333. The van der Waals surface area contributed by atoms with Crippen molar-refractivity contribution in [2.75, 3.05) is 29.7 Å². The van der Waals surface area contributed by atoms with Gasteiger partial charge in [0.25, 0.3) is 0 Å². The maximum atomic E-state index is 13.7. The van der Waals surface area contributed by atoms with Crippen LogP contribution in [0.2, 0.25) is 0 Å². The van der Waals surface area contributed by atoms with Crippen LogP contribution in [0.15, 0.2) is 29.8 Å². The van der Waals surface area contributed by atoms with Crippen molar-refractivity contribution < 1.29 is 19.1 Å². The van der Waals surface area contributed by atoms with Crippen LogP contribution in [0.4, 0.5) is 5.69 Å². The summed E-state index contributed by atoms with van der Waals surface area (Å²) in [6, 6.07) is 5.78. The van der Waals surface area contributed by atoms with E-state index in [0.717, 1.165) is 55.3 Å². The van der Waals surface area contributed by atoms with Crippen LogP contribution in [0.25, 0.3) is 0 Å². The van der Waals surface area contributed by atoms with Crippen molar-refractivity contribution in [3.8, 4) is 0 Å². The Labute approximate surface area is 254 Å². The first-order valence-electron chi connectivity index (χ1n) is 15.2. The Bertz CT molecular complexity index is 1230. The molecule has 5 rings (SSSR count). The van der Waals surface area contributed by atoms with E-state index in [2.05, 4.69) is 24.1 Å². The van der Waals surface area contributed by atoms with Gasteiger partial charge in [-0.05, 0) is 91.9 Å². The van der Waals surface area contributed by atoms with Crippen LogP contribution in [0.3, 0.4) is 0 Å². The second kappa shape index (κ2) is 11.9. The molecule has 1 N–H and O–H groups in total. The smallest absolute Gasteiger partial charge is 0.338 e. The molecule has 0 aliphatic heterocycles. The molecule has 0 unspecified atom stereocenters. The summed E-state index contributed by atoms with van der Waals surface area (Å²) in [5.41, 5.74) is 3.57. The Kier molecular flexibility index (Phi) is 8.84. The molecule has 0 bridgehead atoms. The fourth-order valence-electron chi connectivity index (χ4n) is 8.80. The molecule has 3 fully saturated rings. The maximum absolute atomic E-state index is 13.7. The Morgan fingerprint density at radius 3 is 2.46 bits per heavy atom. The van der Waals surface area contributed by atoms with Crippen LogP contribution >= 0.6 is 23.2 Å². The molecule has 0 heterocycles. The van der Waals surface area contributed by atoms with Crippen LogP contribution in [0, 0.1) is 35.5 Å². The van der Waals surface area contributed by atoms with E-state index in [-0.39, 0.29) is 46.6 Å². The average molecular weight is 604 g/mol. The molecule has 0 saturated heterocycles. The van der Waals surface area contributed by atoms with Crippen LogP contribution in [-0.4, -0.2) is 54.7 Å². The predicted molar refractivity (Wildman–Crippen MR) is 164 cm³/mol. The maximum Gasteiger partial charge on any atom is 0.338 e. The summed E-state index contributed by atoms with van der Waals surface area (Å²) < 4.78 is 6.07. The minimum Gasteiger partial charge on any atom is -0.458 e. The molecule has 1 amide bonds. The minimum absolute atomic E-state index is 0.00950. The molecule has 1 aromatic carbocycles. The second-order valence-corrected chi connectivity index (χ2v) is 14.0. The third kappa shape index (κ3) is 5.56. The first-order chi connectivity index (χ1) is 19.5. The number of amides is 1. The van der Waals surface area contributed by atoms with Gasteiger partial charge in [0.2, 0.25) is 5.91 Å². The number of carbonyl (C=O) groups excluding carboxylic acids is 3. The number of nitrogens with zero attached hydrogens (tertiary/aromatic N) is 1. The van der Waals surface area contributed by atoms with Gasteiger partial charge in [0.15, 0.2) is 5.78 Å². The molecule has 224 valence electrons. The number of rotatable bonds is 8. The zero-order valence-corrected chi connectivity index (χ0v) is 26.3. The first-order valence-corrected chi connectivity index (χ1v) is 16.3. The number of aryl methyl sites for hydroxylation is 1. The second-order valence-electron chi connectivity index (χ2n) is 13.2. The van der Waals surface area contributed by atoms with E-state index in [1.165, 1.54) is 0 Å². The van der Waals surface area contributed by atoms with E-state index in [0.29, 0.717) is 48.7 Å². The average Bonchev–Trinajstić information content (AvgIpc) is 3.25.